The molecule has 7 heteroatoms. The highest BCUT2D eigenvalue weighted by molar-refractivity contribution is 9.10. The molecule has 1 aromatic heterocycles. The van der Waals surface area contributed by atoms with E-state index in [1.807, 2.05) is 31.2 Å². The molecule has 0 fully saturated rings. The molecular weight excluding hydrogens is 474 g/mol. The summed E-state index contributed by atoms with van der Waals surface area (Å²) in [5.74, 6) is -0.219. The lowest BCUT2D eigenvalue weighted by molar-refractivity contribution is 0.0971. The number of aryl methyl sites for hydroxylation is 1. The van der Waals surface area contributed by atoms with Crippen LogP contribution in [0.2, 0.25) is 0 Å². The Morgan fingerprint density at radius 2 is 1.84 bits per heavy atom. The number of methoxy groups -OCH3 is 1. The second-order valence-corrected chi connectivity index (χ2v) is 8.49. The van der Waals surface area contributed by atoms with Crippen molar-refractivity contribution >= 4 is 38.5 Å². The summed E-state index contributed by atoms with van der Waals surface area (Å²) in [4.78, 5) is 28.7. The number of phenols is 1. The van der Waals surface area contributed by atoms with Crippen molar-refractivity contribution in [2.75, 3.05) is 12.0 Å². The Hall–Kier alpha value is -3.58. The van der Waals surface area contributed by atoms with Gasteiger partial charge in [-0.05, 0) is 70.4 Å². The fourth-order valence-corrected chi connectivity index (χ4v) is 4.65. The zero-order valence-corrected chi connectivity index (χ0v) is 18.8. The predicted molar refractivity (Wildman–Crippen MR) is 125 cm³/mol. The van der Waals surface area contributed by atoms with Gasteiger partial charge in [0.15, 0.2) is 16.9 Å². The van der Waals surface area contributed by atoms with Crippen LogP contribution in [0.3, 0.4) is 0 Å². The van der Waals surface area contributed by atoms with Crippen LogP contribution in [0, 0.1) is 6.92 Å². The normalized spacial score (nSPS) is 15.3. The Kier molecular flexibility index (Phi) is 4.78. The van der Waals surface area contributed by atoms with Crippen LogP contribution in [0.25, 0.3) is 11.0 Å². The number of hydrogen-bond acceptors (Lipinski definition) is 5. The average molecular weight is 492 g/mol. The Balaban J connectivity index is 1.85. The van der Waals surface area contributed by atoms with Gasteiger partial charge in [-0.25, -0.2) is 0 Å². The summed E-state index contributed by atoms with van der Waals surface area (Å²) in [6.07, 6.45) is 0. The van der Waals surface area contributed by atoms with Crippen molar-refractivity contribution < 1.29 is 19.1 Å². The summed E-state index contributed by atoms with van der Waals surface area (Å²) >= 11 is 3.35. The van der Waals surface area contributed by atoms with Crippen molar-refractivity contribution in [3.05, 3.63) is 97.8 Å². The molecule has 6 nitrogen and oxygen atoms in total. The summed E-state index contributed by atoms with van der Waals surface area (Å²) in [5, 5.41) is 10.7. The first-order chi connectivity index (χ1) is 15.4. The van der Waals surface area contributed by atoms with Gasteiger partial charge in [0, 0.05) is 5.69 Å². The second kappa shape index (κ2) is 7.53. The molecule has 1 amide bonds. The molecule has 0 spiro atoms. The number of anilines is 1. The van der Waals surface area contributed by atoms with Crippen LogP contribution in [-0.4, -0.2) is 18.1 Å². The van der Waals surface area contributed by atoms with E-state index < -0.39 is 11.9 Å². The molecule has 160 valence electrons. The van der Waals surface area contributed by atoms with Crippen LogP contribution < -0.4 is 15.1 Å². The molecule has 0 saturated heterocycles. The molecule has 1 aliphatic heterocycles. The van der Waals surface area contributed by atoms with E-state index in [-0.39, 0.29) is 28.3 Å². The zero-order valence-electron chi connectivity index (χ0n) is 17.3. The summed E-state index contributed by atoms with van der Waals surface area (Å²) in [6.45, 7) is 1.93. The predicted octanol–water partition coefficient (Wildman–Crippen LogP) is 5.33. The third kappa shape index (κ3) is 3.00. The van der Waals surface area contributed by atoms with Crippen LogP contribution in [-0.2, 0) is 0 Å². The fraction of sp³-hybridized carbons (Fsp3) is 0.120. The number of benzene rings is 3. The van der Waals surface area contributed by atoms with Gasteiger partial charge in [-0.1, -0.05) is 24.3 Å². The van der Waals surface area contributed by atoms with Crippen molar-refractivity contribution in [3.63, 3.8) is 0 Å². The molecule has 0 saturated carbocycles. The van der Waals surface area contributed by atoms with Gasteiger partial charge in [-0.2, -0.15) is 0 Å². The first kappa shape index (κ1) is 20.3. The smallest absolute Gasteiger partial charge is 0.295 e. The number of halogens is 1. The maximum Gasteiger partial charge on any atom is 0.295 e. The largest absolute Gasteiger partial charge is 0.503 e. The van der Waals surface area contributed by atoms with Gasteiger partial charge in [0.05, 0.1) is 28.6 Å². The number of amides is 1. The molecule has 1 aliphatic rings. The number of carbonyl (C=O) groups is 1. The summed E-state index contributed by atoms with van der Waals surface area (Å²) in [5.41, 5.74) is 2.56. The number of hydrogen-bond donors (Lipinski definition) is 1. The first-order valence-corrected chi connectivity index (χ1v) is 10.7. The van der Waals surface area contributed by atoms with E-state index in [9.17, 15) is 14.7 Å². The SMILES string of the molecule is COc1cc(C2c3c(oc4ccccc4c3=O)C(=O)N2c2cccc(C)c2)cc(Br)c1O. The highest BCUT2D eigenvalue weighted by atomic mass is 79.9. The maximum absolute atomic E-state index is 13.6. The monoisotopic (exact) mass is 491 g/mol. The van der Waals surface area contributed by atoms with Gasteiger partial charge in [0.2, 0.25) is 5.76 Å². The zero-order chi connectivity index (χ0) is 22.6. The van der Waals surface area contributed by atoms with Gasteiger partial charge in [-0.15, -0.1) is 0 Å². The van der Waals surface area contributed by atoms with E-state index in [0.717, 1.165) is 5.56 Å². The van der Waals surface area contributed by atoms with Gasteiger partial charge in [-0.3, -0.25) is 14.5 Å². The standard InChI is InChI=1S/C25H18BrNO5/c1-13-6-5-7-15(10-13)27-21(14-11-17(26)23(29)19(12-14)31-2)20-22(28)16-8-3-4-9-18(16)32-24(20)25(27)30/h3-12,21,29H,1-2H3. The lowest BCUT2D eigenvalue weighted by Crippen LogP contribution is -2.29. The van der Waals surface area contributed by atoms with Gasteiger partial charge in [0.1, 0.15) is 5.58 Å². The van der Waals surface area contributed by atoms with E-state index in [4.69, 9.17) is 9.15 Å². The van der Waals surface area contributed by atoms with Crippen molar-refractivity contribution in [1.82, 2.24) is 0 Å². The number of ether oxygens (including phenoxy) is 1. The number of carbonyl (C=O) groups excluding carboxylic acids is 1. The van der Waals surface area contributed by atoms with E-state index in [1.165, 1.54) is 7.11 Å². The van der Waals surface area contributed by atoms with Crippen LogP contribution in [0.4, 0.5) is 5.69 Å². The lowest BCUT2D eigenvalue weighted by atomic mass is 9.97. The fourth-order valence-electron chi connectivity index (χ4n) is 4.19. The molecule has 0 radical (unpaired) electrons. The Morgan fingerprint density at radius 1 is 1.06 bits per heavy atom. The number of para-hydroxylation sites is 1. The van der Waals surface area contributed by atoms with Crippen molar-refractivity contribution in [2.45, 2.75) is 13.0 Å². The lowest BCUT2D eigenvalue weighted by Gasteiger charge is -2.26. The molecule has 5 rings (SSSR count). The average Bonchev–Trinajstić information content (AvgIpc) is 3.08. The number of nitrogens with zero attached hydrogens (tertiary/aromatic N) is 1. The van der Waals surface area contributed by atoms with Crippen molar-refractivity contribution in [2.24, 2.45) is 0 Å². The van der Waals surface area contributed by atoms with Crippen molar-refractivity contribution in [1.29, 1.82) is 0 Å². The minimum atomic E-state index is -0.758. The van der Waals surface area contributed by atoms with Crippen molar-refractivity contribution in [3.8, 4) is 11.5 Å². The van der Waals surface area contributed by atoms with Crippen LogP contribution in [0.5, 0.6) is 11.5 Å². The Morgan fingerprint density at radius 3 is 2.59 bits per heavy atom. The van der Waals surface area contributed by atoms with Crippen LogP contribution in [0.15, 0.2) is 74.3 Å². The van der Waals surface area contributed by atoms with Gasteiger partial charge >= 0.3 is 0 Å². The van der Waals surface area contributed by atoms with E-state index in [1.54, 1.807) is 41.3 Å². The number of phenolic OH excluding ortho intramolecular Hbond substituents is 1. The molecular formula is C25H18BrNO5. The molecule has 1 unspecified atom stereocenters. The molecule has 1 N–H and O–H groups in total. The first-order valence-electron chi connectivity index (χ1n) is 9.93. The highest BCUT2D eigenvalue weighted by Gasteiger charge is 2.44. The summed E-state index contributed by atoms with van der Waals surface area (Å²) < 4.78 is 11.7. The third-order valence-electron chi connectivity index (χ3n) is 5.64. The summed E-state index contributed by atoms with van der Waals surface area (Å²) in [7, 11) is 1.44. The van der Waals surface area contributed by atoms with Crippen LogP contribution in [0.1, 0.15) is 33.3 Å². The quantitative estimate of drug-likeness (QED) is 0.419. The molecule has 0 aliphatic carbocycles. The molecule has 3 aromatic carbocycles. The molecule has 32 heavy (non-hydrogen) atoms. The minimum absolute atomic E-state index is 0.0170. The van der Waals surface area contributed by atoms with Crippen LogP contribution >= 0.6 is 15.9 Å². The third-order valence-corrected chi connectivity index (χ3v) is 6.25. The minimum Gasteiger partial charge on any atom is -0.503 e. The van der Waals surface area contributed by atoms with Gasteiger partial charge in [0.25, 0.3) is 5.91 Å². The number of rotatable bonds is 3. The highest BCUT2D eigenvalue weighted by Crippen LogP contribution is 2.45. The molecule has 0 bridgehead atoms. The van der Waals surface area contributed by atoms with E-state index >= 15 is 0 Å². The second-order valence-electron chi connectivity index (χ2n) is 7.64. The van der Waals surface area contributed by atoms with E-state index in [0.29, 0.717) is 26.7 Å². The van der Waals surface area contributed by atoms with Gasteiger partial charge < -0.3 is 14.3 Å². The van der Waals surface area contributed by atoms with E-state index in [2.05, 4.69) is 15.9 Å². The molecule has 2 heterocycles. The maximum atomic E-state index is 13.6. The number of aromatic hydroxyl groups is 1. The topological polar surface area (TPSA) is 80.0 Å². The molecule has 1 atom stereocenters. The summed E-state index contributed by atoms with van der Waals surface area (Å²) in [6, 6.07) is 16.9. The molecule has 4 aromatic rings. The Bertz CT molecular complexity index is 1460. The number of fused-ring (bicyclic) bond motifs is 2. The Labute approximate surface area is 191 Å².